The number of aliphatic hydroxyl groups excluding tert-OH is 1. The first-order valence-electron chi connectivity index (χ1n) is 8.73. The van der Waals surface area contributed by atoms with E-state index in [1.807, 2.05) is 80.6 Å². The lowest BCUT2D eigenvalue weighted by atomic mass is 10.1. The number of nitrogens with one attached hydrogen (secondary N) is 1. The number of urea groups is 1. The lowest BCUT2D eigenvalue weighted by molar-refractivity contribution is -0.0317. The van der Waals surface area contributed by atoms with Crippen molar-refractivity contribution in [3.63, 3.8) is 0 Å². The Bertz CT molecular complexity index is 761. The van der Waals surface area contributed by atoms with Crippen molar-refractivity contribution in [2.45, 2.75) is 32.2 Å². The van der Waals surface area contributed by atoms with E-state index >= 15 is 0 Å². The Morgan fingerprint density at radius 1 is 1.19 bits per heavy atom. The lowest BCUT2D eigenvalue weighted by Gasteiger charge is -2.31. The largest absolute Gasteiger partial charge is 0.384 e. The number of amides is 2. The van der Waals surface area contributed by atoms with Crippen molar-refractivity contribution in [2.75, 3.05) is 11.9 Å². The van der Waals surface area contributed by atoms with Crippen LogP contribution < -0.4 is 5.32 Å². The summed E-state index contributed by atoms with van der Waals surface area (Å²) in [5.41, 5.74) is 2.44. The predicted molar refractivity (Wildman–Crippen MR) is 102 cm³/mol. The minimum atomic E-state index is -0.879. The van der Waals surface area contributed by atoms with Gasteiger partial charge in [-0.1, -0.05) is 54.6 Å². The minimum Gasteiger partial charge on any atom is -0.384 e. The van der Waals surface area contributed by atoms with Crippen LogP contribution in [0.2, 0.25) is 0 Å². The van der Waals surface area contributed by atoms with Gasteiger partial charge in [-0.2, -0.15) is 0 Å². The lowest BCUT2D eigenvalue weighted by Crippen LogP contribution is -2.46. The van der Waals surface area contributed by atoms with Gasteiger partial charge in [0, 0.05) is 5.69 Å². The summed E-state index contributed by atoms with van der Waals surface area (Å²) in [6.45, 7) is 4.03. The zero-order valence-electron chi connectivity index (χ0n) is 15.0. The Morgan fingerprint density at radius 2 is 1.81 bits per heavy atom. The van der Waals surface area contributed by atoms with Gasteiger partial charge in [-0.05, 0) is 37.1 Å². The molecule has 2 N–H and O–H groups in total. The Kier molecular flexibility index (Phi) is 5.71. The molecule has 2 amide bonds. The van der Waals surface area contributed by atoms with Crippen LogP contribution in [0.15, 0.2) is 72.3 Å². The molecular weight excluding hydrogens is 328 g/mol. The highest BCUT2D eigenvalue weighted by Gasteiger charge is 2.42. The molecule has 1 saturated heterocycles. The average Bonchev–Trinajstić information content (AvgIpc) is 3.13. The van der Waals surface area contributed by atoms with E-state index in [0.29, 0.717) is 12.3 Å². The Morgan fingerprint density at radius 3 is 2.42 bits per heavy atom. The van der Waals surface area contributed by atoms with Crippen molar-refractivity contribution in [1.82, 2.24) is 4.90 Å². The second kappa shape index (κ2) is 8.17. The number of benzene rings is 2. The molecule has 0 saturated carbocycles. The molecule has 0 radical (unpaired) electrons. The van der Waals surface area contributed by atoms with Crippen molar-refractivity contribution in [3.05, 3.63) is 77.9 Å². The Labute approximate surface area is 153 Å². The fourth-order valence-electron chi connectivity index (χ4n) is 3.07. The van der Waals surface area contributed by atoms with Crippen LogP contribution in [0.4, 0.5) is 10.5 Å². The molecule has 5 nitrogen and oxygen atoms in total. The summed E-state index contributed by atoms with van der Waals surface area (Å²) < 4.78 is 5.85. The van der Waals surface area contributed by atoms with E-state index in [0.717, 1.165) is 11.1 Å². The first-order chi connectivity index (χ1) is 12.6. The maximum Gasteiger partial charge on any atom is 0.324 e. The summed E-state index contributed by atoms with van der Waals surface area (Å²) in [6.07, 6.45) is 0.215. The van der Waals surface area contributed by atoms with Crippen molar-refractivity contribution >= 4 is 11.7 Å². The molecule has 3 atom stereocenters. The maximum absolute atomic E-state index is 13.0. The van der Waals surface area contributed by atoms with Crippen molar-refractivity contribution in [2.24, 2.45) is 0 Å². The number of allylic oxidation sites excluding steroid dienone is 1. The highest BCUT2D eigenvalue weighted by atomic mass is 16.5. The number of anilines is 1. The van der Waals surface area contributed by atoms with Gasteiger partial charge in [0.15, 0.2) is 6.23 Å². The van der Waals surface area contributed by atoms with Gasteiger partial charge in [0.2, 0.25) is 0 Å². The minimum absolute atomic E-state index is 0.260. The molecule has 1 fully saturated rings. The molecule has 2 aromatic rings. The number of rotatable bonds is 4. The SMILES string of the molecule is C/C=C(\C)C(O)[C@@H]1OC[C@H](c2ccccc2)N1C(=O)Nc1ccccc1. The smallest absolute Gasteiger partial charge is 0.324 e. The van der Waals surface area contributed by atoms with E-state index in [1.165, 1.54) is 0 Å². The van der Waals surface area contributed by atoms with E-state index in [1.54, 1.807) is 4.90 Å². The van der Waals surface area contributed by atoms with Crippen LogP contribution in [-0.2, 0) is 4.74 Å². The Hall–Kier alpha value is -2.63. The third-order valence-corrected chi connectivity index (χ3v) is 4.67. The number of carbonyl (C=O) groups is 1. The van der Waals surface area contributed by atoms with Gasteiger partial charge in [0.25, 0.3) is 0 Å². The van der Waals surface area contributed by atoms with Crippen LogP contribution in [0, 0.1) is 0 Å². The van der Waals surface area contributed by atoms with Gasteiger partial charge in [0.05, 0.1) is 12.6 Å². The summed E-state index contributed by atoms with van der Waals surface area (Å²) in [5, 5.41) is 13.6. The number of ether oxygens (including phenoxy) is 1. The second-order valence-corrected chi connectivity index (χ2v) is 6.33. The number of carbonyl (C=O) groups excluding carboxylic acids is 1. The number of hydrogen-bond acceptors (Lipinski definition) is 3. The van der Waals surface area contributed by atoms with Gasteiger partial charge >= 0.3 is 6.03 Å². The van der Waals surface area contributed by atoms with Crippen LogP contribution in [0.25, 0.3) is 0 Å². The second-order valence-electron chi connectivity index (χ2n) is 6.33. The zero-order chi connectivity index (χ0) is 18.5. The monoisotopic (exact) mass is 352 g/mol. The maximum atomic E-state index is 13.0. The van der Waals surface area contributed by atoms with E-state index < -0.39 is 12.3 Å². The molecule has 26 heavy (non-hydrogen) atoms. The standard InChI is InChI=1S/C21H24N2O3/c1-3-15(2)19(24)20-23(21(25)22-17-12-8-5-9-13-17)18(14-26-20)16-10-6-4-7-11-16/h3-13,18-20,24H,14H2,1-2H3,(H,22,25)/b15-3+/t18-,19?,20+/m1/s1. The van der Waals surface area contributed by atoms with Crippen LogP contribution in [-0.4, -0.2) is 35.0 Å². The van der Waals surface area contributed by atoms with Gasteiger partial charge in [0.1, 0.15) is 6.10 Å². The molecule has 1 aliphatic rings. The van der Waals surface area contributed by atoms with Crippen LogP contribution in [0.1, 0.15) is 25.5 Å². The summed E-state index contributed by atoms with van der Waals surface area (Å²) >= 11 is 0. The highest BCUT2D eigenvalue weighted by Crippen LogP contribution is 2.33. The zero-order valence-corrected chi connectivity index (χ0v) is 15.0. The number of para-hydroxylation sites is 1. The first-order valence-corrected chi connectivity index (χ1v) is 8.73. The van der Waals surface area contributed by atoms with E-state index in [4.69, 9.17) is 4.74 Å². The number of nitrogens with zero attached hydrogens (tertiary/aromatic N) is 1. The van der Waals surface area contributed by atoms with Crippen molar-refractivity contribution in [3.8, 4) is 0 Å². The van der Waals surface area contributed by atoms with E-state index in [9.17, 15) is 9.90 Å². The third-order valence-electron chi connectivity index (χ3n) is 4.67. The number of hydrogen-bond donors (Lipinski definition) is 2. The molecule has 1 aliphatic heterocycles. The number of aliphatic hydroxyl groups is 1. The molecule has 1 unspecified atom stereocenters. The average molecular weight is 352 g/mol. The molecule has 0 aromatic heterocycles. The van der Waals surface area contributed by atoms with E-state index in [-0.39, 0.29) is 12.1 Å². The molecule has 1 heterocycles. The summed E-state index contributed by atoms with van der Waals surface area (Å²) in [4.78, 5) is 14.6. The molecule has 2 aromatic carbocycles. The van der Waals surface area contributed by atoms with Crippen molar-refractivity contribution < 1.29 is 14.6 Å². The molecule has 0 spiro atoms. The summed E-state index contributed by atoms with van der Waals surface area (Å²) in [7, 11) is 0. The Balaban J connectivity index is 1.90. The fourth-order valence-corrected chi connectivity index (χ4v) is 3.07. The molecule has 5 heteroatoms. The molecule has 136 valence electrons. The van der Waals surface area contributed by atoms with Crippen LogP contribution >= 0.6 is 0 Å². The molecule has 0 bridgehead atoms. The fraction of sp³-hybridized carbons (Fsp3) is 0.286. The van der Waals surface area contributed by atoms with Gasteiger partial charge in [-0.3, -0.25) is 4.90 Å². The quantitative estimate of drug-likeness (QED) is 0.819. The van der Waals surface area contributed by atoms with Gasteiger partial charge in [-0.25, -0.2) is 4.79 Å². The molecular formula is C21H24N2O3. The van der Waals surface area contributed by atoms with Crippen LogP contribution in [0.5, 0.6) is 0 Å². The molecule has 3 rings (SSSR count). The van der Waals surface area contributed by atoms with Crippen molar-refractivity contribution in [1.29, 1.82) is 0 Å². The summed E-state index contributed by atoms with van der Waals surface area (Å²) in [6, 6.07) is 18.5. The normalized spacial score (nSPS) is 21.5. The first kappa shape index (κ1) is 18.2. The highest BCUT2D eigenvalue weighted by molar-refractivity contribution is 5.90. The van der Waals surface area contributed by atoms with Crippen LogP contribution in [0.3, 0.4) is 0 Å². The topological polar surface area (TPSA) is 61.8 Å². The third kappa shape index (κ3) is 3.79. The van der Waals surface area contributed by atoms with E-state index in [2.05, 4.69) is 5.32 Å². The molecule has 0 aliphatic carbocycles. The van der Waals surface area contributed by atoms with Gasteiger partial charge in [-0.15, -0.1) is 0 Å². The summed E-state index contributed by atoms with van der Waals surface area (Å²) in [5.74, 6) is 0. The van der Waals surface area contributed by atoms with Gasteiger partial charge < -0.3 is 15.2 Å². The predicted octanol–water partition coefficient (Wildman–Crippen LogP) is 3.95.